The van der Waals surface area contributed by atoms with Crippen LogP contribution in [0.15, 0.2) is 58.1 Å². The Morgan fingerprint density at radius 1 is 0.600 bits per heavy atom. The Morgan fingerprint density at radius 2 is 0.933 bits per heavy atom. The minimum absolute atomic E-state index is 0.0243. The Hall–Kier alpha value is -1.54. The van der Waals surface area contributed by atoms with Crippen molar-refractivity contribution in [2.24, 2.45) is 0 Å². The zero-order valence-corrected chi connectivity index (χ0v) is 19.1. The second kappa shape index (κ2) is 8.91. The van der Waals surface area contributed by atoms with Gasteiger partial charge in [-0.1, -0.05) is 93.9 Å². The third kappa shape index (κ3) is 5.38. The van der Waals surface area contributed by atoms with E-state index in [1.807, 2.05) is 0 Å². The standard InChI is InChI=1S/2C9H5Cl3N2O/c2*10-9(11,12)8-13-6-4-2-1-3-5(6)7(15)14-8/h2*1-4H,(H,13,14,15). The van der Waals surface area contributed by atoms with Gasteiger partial charge >= 0.3 is 0 Å². The quantitative estimate of drug-likeness (QED) is 0.296. The third-order valence-electron chi connectivity index (χ3n) is 3.76. The van der Waals surface area contributed by atoms with Crippen LogP contribution in [-0.2, 0) is 7.59 Å². The van der Waals surface area contributed by atoms with Crippen LogP contribution in [0.4, 0.5) is 0 Å². The van der Waals surface area contributed by atoms with E-state index in [2.05, 4.69) is 19.9 Å². The number of halogens is 6. The highest BCUT2D eigenvalue weighted by molar-refractivity contribution is 6.67. The number of hydrogen-bond donors (Lipinski definition) is 2. The molecule has 0 radical (unpaired) electrons. The van der Waals surface area contributed by atoms with E-state index in [1.165, 1.54) is 0 Å². The molecule has 0 bridgehead atoms. The zero-order chi connectivity index (χ0) is 22.1. The van der Waals surface area contributed by atoms with Crippen LogP contribution in [0.1, 0.15) is 11.6 Å². The molecule has 0 aliphatic heterocycles. The van der Waals surface area contributed by atoms with Gasteiger partial charge in [-0.3, -0.25) is 9.59 Å². The Kier molecular flexibility index (Phi) is 6.87. The van der Waals surface area contributed by atoms with Crippen molar-refractivity contribution in [2.45, 2.75) is 7.59 Å². The van der Waals surface area contributed by atoms with Crippen molar-refractivity contribution >= 4 is 91.4 Å². The molecule has 0 amide bonds. The van der Waals surface area contributed by atoms with E-state index in [9.17, 15) is 9.59 Å². The van der Waals surface area contributed by atoms with Crippen LogP contribution in [0.25, 0.3) is 21.8 Å². The smallest absolute Gasteiger partial charge is 0.258 e. The minimum Gasteiger partial charge on any atom is -0.306 e. The number of hydrogen-bond acceptors (Lipinski definition) is 4. The van der Waals surface area contributed by atoms with Gasteiger partial charge < -0.3 is 9.97 Å². The molecule has 0 fully saturated rings. The van der Waals surface area contributed by atoms with Crippen molar-refractivity contribution in [3.8, 4) is 0 Å². The number of nitrogens with zero attached hydrogens (tertiary/aromatic N) is 2. The molecule has 2 N–H and O–H groups in total. The second-order valence-electron chi connectivity index (χ2n) is 5.86. The lowest BCUT2D eigenvalue weighted by molar-refractivity contribution is 0.974. The molecule has 2 aromatic heterocycles. The van der Waals surface area contributed by atoms with Gasteiger partial charge in [-0.05, 0) is 24.3 Å². The molecule has 0 aliphatic rings. The summed E-state index contributed by atoms with van der Waals surface area (Å²) in [5.41, 5.74) is 0.369. The highest BCUT2D eigenvalue weighted by Crippen LogP contribution is 2.36. The number of fused-ring (bicyclic) bond motifs is 2. The summed E-state index contributed by atoms with van der Waals surface area (Å²) in [4.78, 5) is 36.1. The van der Waals surface area contributed by atoms with E-state index in [0.717, 1.165) is 0 Å². The van der Waals surface area contributed by atoms with Crippen molar-refractivity contribution in [1.29, 1.82) is 0 Å². The molecule has 4 aromatic rings. The van der Waals surface area contributed by atoms with E-state index >= 15 is 0 Å². The van der Waals surface area contributed by atoms with Gasteiger partial charge in [0.15, 0.2) is 11.6 Å². The molecule has 0 saturated carbocycles. The Bertz CT molecular complexity index is 1220. The molecule has 30 heavy (non-hydrogen) atoms. The first-order valence-electron chi connectivity index (χ1n) is 8.09. The van der Waals surface area contributed by atoms with E-state index in [-0.39, 0.29) is 22.8 Å². The molecular formula is C18H10Cl6N4O2. The van der Waals surface area contributed by atoms with E-state index < -0.39 is 7.59 Å². The van der Waals surface area contributed by atoms with Crippen LogP contribution in [0.3, 0.4) is 0 Å². The first-order valence-corrected chi connectivity index (χ1v) is 10.4. The average Bonchev–Trinajstić information content (AvgIpc) is 2.67. The maximum Gasteiger partial charge on any atom is 0.258 e. The molecule has 2 heterocycles. The number of aromatic nitrogens is 4. The summed E-state index contributed by atoms with van der Waals surface area (Å²) >= 11 is 33.8. The lowest BCUT2D eigenvalue weighted by atomic mass is 10.2. The Labute approximate surface area is 199 Å². The minimum atomic E-state index is -1.72. The summed E-state index contributed by atoms with van der Waals surface area (Å²) in [6.07, 6.45) is 0. The largest absolute Gasteiger partial charge is 0.306 e. The van der Waals surface area contributed by atoms with Crippen LogP contribution in [0.5, 0.6) is 0 Å². The number of rotatable bonds is 0. The predicted molar refractivity (Wildman–Crippen MR) is 123 cm³/mol. The van der Waals surface area contributed by atoms with E-state index in [0.29, 0.717) is 21.8 Å². The Morgan fingerprint density at radius 3 is 1.27 bits per heavy atom. The molecule has 0 aliphatic carbocycles. The van der Waals surface area contributed by atoms with Gasteiger partial charge in [-0.2, -0.15) is 0 Å². The summed E-state index contributed by atoms with van der Waals surface area (Å²) in [5.74, 6) is 0.0485. The van der Waals surface area contributed by atoms with Crippen LogP contribution in [0.2, 0.25) is 0 Å². The first-order chi connectivity index (χ1) is 14.0. The lowest BCUT2D eigenvalue weighted by Crippen LogP contribution is -2.16. The number of H-pyrrole nitrogens is 2. The number of aromatic amines is 2. The van der Waals surface area contributed by atoms with E-state index in [1.54, 1.807) is 48.5 Å². The highest BCUT2D eigenvalue weighted by Gasteiger charge is 2.27. The molecule has 0 spiro atoms. The van der Waals surface area contributed by atoms with Crippen molar-refractivity contribution in [3.05, 3.63) is 80.9 Å². The first kappa shape index (κ1) is 23.1. The second-order valence-corrected chi connectivity index (χ2v) is 10.4. The molecule has 0 unspecified atom stereocenters. The van der Waals surface area contributed by atoms with Crippen molar-refractivity contribution in [2.75, 3.05) is 0 Å². The normalized spacial score (nSPS) is 11.9. The van der Waals surface area contributed by atoms with Crippen molar-refractivity contribution in [1.82, 2.24) is 19.9 Å². The molecule has 6 nitrogen and oxygen atoms in total. The monoisotopic (exact) mass is 524 g/mol. The number of benzene rings is 2. The molecule has 156 valence electrons. The van der Waals surface area contributed by atoms with Gasteiger partial charge in [0.2, 0.25) is 7.59 Å². The fourth-order valence-corrected chi connectivity index (χ4v) is 2.98. The maximum absolute atomic E-state index is 11.6. The van der Waals surface area contributed by atoms with Crippen molar-refractivity contribution in [3.63, 3.8) is 0 Å². The van der Waals surface area contributed by atoms with Gasteiger partial charge in [-0.15, -0.1) is 0 Å². The van der Waals surface area contributed by atoms with Gasteiger partial charge in [0, 0.05) is 0 Å². The van der Waals surface area contributed by atoms with Crippen LogP contribution >= 0.6 is 69.6 Å². The fraction of sp³-hybridized carbons (Fsp3) is 0.111. The van der Waals surface area contributed by atoms with Crippen LogP contribution in [0, 0.1) is 0 Å². The number of alkyl halides is 6. The zero-order valence-electron chi connectivity index (χ0n) is 14.6. The maximum atomic E-state index is 11.6. The number of para-hydroxylation sites is 2. The SMILES string of the molecule is O=c1[nH]c(C(Cl)(Cl)Cl)nc2ccccc12.O=c1[nH]c(C(Cl)(Cl)Cl)nc2ccccc12. The molecular weight excluding hydrogens is 517 g/mol. The molecule has 12 heteroatoms. The summed E-state index contributed by atoms with van der Waals surface area (Å²) < 4.78 is -3.44. The molecule has 0 atom stereocenters. The average molecular weight is 527 g/mol. The van der Waals surface area contributed by atoms with Gasteiger partial charge in [0.25, 0.3) is 11.1 Å². The van der Waals surface area contributed by atoms with Crippen LogP contribution in [-0.4, -0.2) is 19.9 Å². The number of nitrogens with one attached hydrogen (secondary N) is 2. The van der Waals surface area contributed by atoms with Crippen molar-refractivity contribution < 1.29 is 0 Å². The lowest BCUT2D eigenvalue weighted by Gasteiger charge is -2.09. The third-order valence-corrected chi connectivity index (χ3v) is 4.84. The van der Waals surface area contributed by atoms with Gasteiger partial charge in [0.1, 0.15) is 0 Å². The fourth-order valence-electron chi connectivity index (χ4n) is 2.44. The van der Waals surface area contributed by atoms with Crippen LogP contribution < -0.4 is 11.1 Å². The molecule has 0 saturated heterocycles. The van der Waals surface area contributed by atoms with Gasteiger partial charge in [-0.25, -0.2) is 9.97 Å². The Balaban J connectivity index is 0.000000171. The molecule has 2 aromatic carbocycles. The van der Waals surface area contributed by atoms with Gasteiger partial charge in [0.05, 0.1) is 21.8 Å². The van der Waals surface area contributed by atoms with E-state index in [4.69, 9.17) is 69.6 Å². The molecule has 4 rings (SSSR count). The highest BCUT2D eigenvalue weighted by atomic mass is 35.6. The summed E-state index contributed by atoms with van der Waals surface area (Å²) in [7, 11) is 0. The summed E-state index contributed by atoms with van der Waals surface area (Å²) in [5, 5.41) is 0.936. The summed E-state index contributed by atoms with van der Waals surface area (Å²) in [6.45, 7) is 0. The predicted octanol–water partition coefficient (Wildman–Crippen LogP) is 5.50. The summed E-state index contributed by atoms with van der Waals surface area (Å²) in [6, 6.07) is 13.7. The topological polar surface area (TPSA) is 91.5 Å².